The highest BCUT2D eigenvalue weighted by Gasteiger charge is 2.15. The van der Waals surface area contributed by atoms with Crippen molar-refractivity contribution in [3.8, 4) is 0 Å². The first kappa shape index (κ1) is 15.2. The van der Waals surface area contributed by atoms with Gasteiger partial charge in [-0.05, 0) is 30.0 Å². The lowest BCUT2D eigenvalue weighted by atomic mass is 10.2. The van der Waals surface area contributed by atoms with Crippen LogP contribution in [0.1, 0.15) is 17.4 Å². The summed E-state index contributed by atoms with van der Waals surface area (Å²) in [7, 11) is 0. The average Bonchev–Trinajstić information content (AvgIpc) is 2.98. The third kappa shape index (κ3) is 5.00. The fourth-order valence-corrected chi connectivity index (χ4v) is 2.48. The summed E-state index contributed by atoms with van der Waals surface area (Å²) in [4.78, 5) is 28.7. The maximum atomic E-state index is 11.9. The minimum Gasteiger partial charge on any atom is -0.350 e. The Morgan fingerprint density at radius 1 is 1.33 bits per heavy atom. The van der Waals surface area contributed by atoms with E-state index in [2.05, 4.69) is 15.6 Å². The number of aromatic nitrogens is 1. The van der Waals surface area contributed by atoms with Crippen LogP contribution in [0.25, 0.3) is 0 Å². The van der Waals surface area contributed by atoms with E-state index in [9.17, 15) is 9.59 Å². The molecule has 0 spiro atoms. The highest BCUT2D eigenvalue weighted by molar-refractivity contribution is 7.10. The number of thiophene rings is 1. The van der Waals surface area contributed by atoms with Crippen molar-refractivity contribution in [1.29, 1.82) is 0 Å². The van der Waals surface area contributed by atoms with E-state index in [-0.39, 0.29) is 11.8 Å². The second kappa shape index (κ2) is 7.54. The molecule has 0 aromatic carbocycles. The summed E-state index contributed by atoms with van der Waals surface area (Å²) in [5.41, 5.74) is 0.919. The van der Waals surface area contributed by atoms with Crippen molar-refractivity contribution in [3.63, 3.8) is 0 Å². The first-order valence-electron chi connectivity index (χ1n) is 6.63. The molecule has 110 valence electrons. The largest absolute Gasteiger partial charge is 0.350 e. The summed E-state index contributed by atoms with van der Waals surface area (Å²) in [5, 5.41) is 7.39. The summed E-state index contributed by atoms with van der Waals surface area (Å²) < 4.78 is 0. The van der Waals surface area contributed by atoms with Gasteiger partial charge in [0, 0.05) is 23.8 Å². The van der Waals surface area contributed by atoms with Crippen LogP contribution in [-0.4, -0.2) is 22.8 Å². The molecule has 0 aliphatic rings. The number of carbonyl (C=O) groups excluding carboxylic acids is 2. The van der Waals surface area contributed by atoms with Gasteiger partial charge < -0.3 is 10.6 Å². The van der Waals surface area contributed by atoms with Gasteiger partial charge in [-0.1, -0.05) is 12.1 Å². The molecule has 0 aliphatic carbocycles. The van der Waals surface area contributed by atoms with Gasteiger partial charge in [0.05, 0.1) is 6.42 Å². The van der Waals surface area contributed by atoms with E-state index in [1.807, 2.05) is 29.6 Å². The average molecular weight is 303 g/mol. The Morgan fingerprint density at radius 3 is 2.86 bits per heavy atom. The van der Waals surface area contributed by atoms with Crippen LogP contribution in [0.4, 0.5) is 0 Å². The molecule has 0 fully saturated rings. The maximum Gasteiger partial charge on any atom is 0.242 e. The van der Waals surface area contributed by atoms with Gasteiger partial charge in [0.1, 0.15) is 6.04 Å². The van der Waals surface area contributed by atoms with Crippen LogP contribution in [0.2, 0.25) is 0 Å². The Bertz CT molecular complexity index is 584. The molecule has 5 nitrogen and oxygen atoms in total. The quantitative estimate of drug-likeness (QED) is 0.849. The third-order valence-electron chi connectivity index (χ3n) is 2.88. The minimum atomic E-state index is -0.561. The van der Waals surface area contributed by atoms with Crippen LogP contribution in [0, 0.1) is 0 Å². The van der Waals surface area contributed by atoms with Crippen molar-refractivity contribution in [2.75, 3.05) is 0 Å². The summed E-state index contributed by atoms with van der Waals surface area (Å²) in [6.07, 6.45) is 3.68. The van der Waals surface area contributed by atoms with E-state index < -0.39 is 6.04 Å². The Hall–Kier alpha value is -2.21. The van der Waals surface area contributed by atoms with Crippen molar-refractivity contribution in [2.24, 2.45) is 0 Å². The summed E-state index contributed by atoms with van der Waals surface area (Å²) in [6.45, 7) is 2.07. The van der Waals surface area contributed by atoms with Gasteiger partial charge >= 0.3 is 0 Å². The molecule has 2 rings (SSSR count). The van der Waals surface area contributed by atoms with Gasteiger partial charge in [0.15, 0.2) is 0 Å². The van der Waals surface area contributed by atoms with Crippen molar-refractivity contribution in [2.45, 2.75) is 25.9 Å². The predicted octanol–water partition coefficient (Wildman–Crippen LogP) is 1.51. The molecule has 2 aromatic rings. The van der Waals surface area contributed by atoms with Gasteiger partial charge in [0.2, 0.25) is 11.8 Å². The first-order chi connectivity index (χ1) is 10.1. The zero-order valence-electron chi connectivity index (χ0n) is 11.7. The SMILES string of the molecule is C[C@@H](NC(=O)Cc1cccs1)C(=O)NCc1cccnc1. The highest BCUT2D eigenvalue weighted by Crippen LogP contribution is 2.08. The topological polar surface area (TPSA) is 71.1 Å². The van der Waals surface area contributed by atoms with Crippen LogP contribution in [0.5, 0.6) is 0 Å². The van der Waals surface area contributed by atoms with E-state index in [4.69, 9.17) is 0 Å². The van der Waals surface area contributed by atoms with E-state index in [1.165, 1.54) is 11.3 Å². The molecular formula is C15H17N3O2S. The molecule has 1 atom stereocenters. The molecule has 2 N–H and O–H groups in total. The number of nitrogens with one attached hydrogen (secondary N) is 2. The Kier molecular flexibility index (Phi) is 5.45. The number of carbonyl (C=O) groups is 2. The fraction of sp³-hybridized carbons (Fsp3) is 0.267. The van der Waals surface area contributed by atoms with Crippen LogP contribution < -0.4 is 10.6 Å². The van der Waals surface area contributed by atoms with Crippen molar-refractivity contribution in [3.05, 3.63) is 52.5 Å². The van der Waals surface area contributed by atoms with Crippen LogP contribution in [0.15, 0.2) is 42.0 Å². The van der Waals surface area contributed by atoms with Gasteiger partial charge in [-0.15, -0.1) is 11.3 Å². The molecule has 0 saturated heterocycles. The van der Waals surface area contributed by atoms with Crippen molar-refractivity contribution >= 4 is 23.2 Å². The smallest absolute Gasteiger partial charge is 0.242 e. The first-order valence-corrected chi connectivity index (χ1v) is 7.51. The summed E-state index contributed by atoms with van der Waals surface area (Å²) in [6, 6.07) is 6.93. The van der Waals surface area contributed by atoms with Gasteiger partial charge in [-0.3, -0.25) is 14.6 Å². The van der Waals surface area contributed by atoms with Crippen LogP contribution in [0.3, 0.4) is 0 Å². The summed E-state index contributed by atoms with van der Waals surface area (Å²) >= 11 is 1.53. The fourth-order valence-electron chi connectivity index (χ4n) is 1.77. The second-order valence-electron chi connectivity index (χ2n) is 4.62. The zero-order chi connectivity index (χ0) is 15.1. The lowest BCUT2D eigenvalue weighted by Crippen LogP contribution is -2.45. The standard InChI is InChI=1S/C15H17N3O2S/c1-11(18-14(19)8-13-5-3-7-21-13)15(20)17-10-12-4-2-6-16-9-12/h2-7,9,11H,8,10H2,1H3,(H,17,20)(H,18,19)/t11-/m1/s1. The monoisotopic (exact) mass is 303 g/mol. The number of hydrogen-bond donors (Lipinski definition) is 2. The van der Waals surface area contributed by atoms with Gasteiger partial charge in [-0.25, -0.2) is 0 Å². The Balaban J connectivity index is 1.75. The van der Waals surface area contributed by atoms with Gasteiger partial charge in [0.25, 0.3) is 0 Å². The maximum absolute atomic E-state index is 11.9. The molecule has 21 heavy (non-hydrogen) atoms. The highest BCUT2D eigenvalue weighted by atomic mass is 32.1. The van der Waals surface area contributed by atoms with E-state index >= 15 is 0 Å². The Morgan fingerprint density at radius 2 is 2.19 bits per heavy atom. The third-order valence-corrected chi connectivity index (χ3v) is 3.75. The number of rotatable bonds is 6. The van der Waals surface area contributed by atoms with Crippen molar-refractivity contribution in [1.82, 2.24) is 15.6 Å². The second-order valence-corrected chi connectivity index (χ2v) is 5.66. The lowest BCUT2D eigenvalue weighted by Gasteiger charge is -2.13. The van der Waals surface area contributed by atoms with E-state index in [1.54, 1.807) is 19.3 Å². The molecule has 2 aromatic heterocycles. The van der Waals surface area contributed by atoms with E-state index in [0.29, 0.717) is 13.0 Å². The number of pyridine rings is 1. The molecule has 0 unspecified atom stereocenters. The minimum absolute atomic E-state index is 0.151. The molecule has 0 saturated carbocycles. The normalized spacial score (nSPS) is 11.7. The lowest BCUT2D eigenvalue weighted by molar-refractivity contribution is -0.128. The van der Waals surface area contributed by atoms with Crippen molar-refractivity contribution < 1.29 is 9.59 Å². The van der Waals surface area contributed by atoms with Gasteiger partial charge in [-0.2, -0.15) is 0 Å². The van der Waals surface area contributed by atoms with Crippen LogP contribution in [-0.2, 0) is 22.6 Å². The zero-order valence-corrected chi connectivity index (χ0v) is 12.5. The predicted molar refractivity (Wildman–Crippen MR) is 81.7 cm³/mol. The molecule has 2 amide bonds. The molecule has 0 bridgehead atoms. The number of hydrogen-bond acceptors (Lipinski definition) is 4. The molecule has 6 heteroatoms. The number of amides is 2. The molecular weight excluding hydrogens is 286 g/mol. The number of nitrogens with zero attached hydrogens (tertiary/aromatic N) is 1. The van der Waals surface area contributed by atoms with E-state index in [0.717, 1.165) is 10.4 Å². The van der Waals surface area contributed by atoms with Crippen LogP contribution >= 0.6 is 11.3 Å². The molecule has 2 heterocycles. The summed E-state index contributed by atoms with van der Waals surface area (Å²) in [5.74, 6) is -0.361. The Labute approximate surface area is 127 Å². The molecule has 0 aliphatic heterocycles. The molecule has 0 radical (unpaired) electrons.